The summed E-state index contributed by atoms with van der Waals surface area (Å²) < 4.78 is 18.7. The topological polar surface area (TPSA) is 32.8 Å². The van der Waals surface area contributed by atoms with E-state index in [1.54, 1.807) is 6.07 Å². The lowest BCUT2D eigenvalue weighted by Crippen LogP contribution is -2.51. The van der Waals surface area contributed by atoms with Crippen LogP contribution in [0.3, 0.4) is 0 Å². The molecule has 0 radical (unpaired) electrons. The van der Waals surface area contributed by atoms with Crippen LogP contribution in [-0.2, 0) is 9.53 Å². The lowest BCUT2D eigenvalue weighted by molar-refractivity contribution is -0.141. The predicted octanol–water partition coefficient (Wildman–Crippen LogP) is 1.65. The number of carbonyl (C=O) groups excluding carboxylic acids is 1. The Morgan fingerprint density at radius 3 is 2.70 bits per heavy atom. The van der Waals surface area contributed by atoms with E-state index in [-0.39, 0.29) is 17.8 Å². The normalized spacial score (nSPS) is 23.1. The van der Waals surface area contributed by atoms with Gasteiger partial charge in [0.15, 0.2) is 0 Å². The van der Waals surface area contributed by atoms with Crippen LogP contribution in [0.2, 0.25) is 0 Å². The van der Waals surface area contributed by atoms with Crippen molar-refractivity contribution in [2.45, 2.75) is 18.9 Å². The Bertz CT molecular complexity index is 481. The lowest BCUT2D eigenvalue weighted by Gasteiger charge is -2.37. The highest BCUT2D eigenvalue weighted by Gasteiger charge is 2.30. The van der Waals surface area contributed by atoms with Crippen LogP contribution in [-0.4, -0.2) is 49.7 Å². The van der Waals surface area contributed by atoms with Crippen LogP contribution in [0.15, 0.2) is 24.3 Å². The van der Waals surface area contributed by atoms with Gasteiger partial charge in [-0.1, -0.05) is 6.07 Å². The maximum atomic E-state index is 13.2. The van der Waals surface area contributed by atoms with Gasteiger partial charge in [-0.25, -0.2) is 4.39 Å². The number of amides is 1. The fourth-order valence-electron chi connectivity index (χ4n) is 2.83. The number of halogens is 1. The molecule has 1 aromatic carbocycles. The summed E-state index contributed by atoms with van der Waals surface area (Å²) in [7, 11) is 0. The zero-order valence-corrected chi connectivity index (χ0v) is 11.4. The van der Waals surface area contributed by atoms with Gasteiger partial charge in [0.25, 0.3) is 5.91 Å². The van der Waals surface area contributed by atoms with Crippen molar-refractivity contribution in [1.29, 1.82) is 0 Å². The molecule has 0 N–H and O–H groups in total. The maximum Gasteiger partial charge on any atom is 0.251 e. The van der Waals surface area contributed by atoms with Gasteiger partial charge in [0.2, 0.25) is 0 Å². The summed E-state index contributed by atoms with van der Waals surface area (Å²) in [5, 5.41) is 0. The van der Waals surface area contributed by atoms with E-state index in [4.69, 9.17) is 4.74 Å². The summed E-state index contributed by atoms with van der Waals surface area (Å²) in [6.07, 6.45) is 1.57. The molecule has 4 nitrogen and oxygen atoms in total. The first-order valence-electron chi connectivity index (χ1n) is 7.15. The number of benzene rings is 1. The Hall–Kier alpha value is -1.62. The smallest absolute Gasteiger partial charge is 0.251 e. The van der Waals surface area contributed by atoms with Crippen molar-refractivity contribution < 1.29 is 13.9 Å². The zero-order chi connectivity index (χ0) is 13.9. The summed E-state index contributed by atoms with van der Waals surface area (Å²) >= 11 is 0. The van der Waals surface area contributed by atoms with Gasteiger partial charge in [-0.3, -0.25) is 4.79 Å². The number of nitrogens with zero attached hydrogens (tertiary/aromatic N) is 2. The quantitative estimate of drug-likeness (QED) is 0.824. The van der Waals surface area contributed by atoms with Crippen molar-refractivity contribution in [2.24, 2.45) is 0 Å². The average molecular weight is 278 g/mol. The molecule has 0 bridgehead atoms. The first-order chi connectivity index (χ1) is 9.74. The molecule has 0 aliphatic carbocycles. The highest BCUT2D eigenvalue weighted by molar-refractivity contribution is 5.81. The largest absolute Gasteiger partial charge is 0.368 e. The van der Waals surface area contributed by atoms with Gasteiger partial charge in [0, 0.05) is 38.5 Å². The molecule has 1 atom stereocenters. The summed E-state index contributed by atoms with van der Waals surface area (Å²) in [6, 6.07) is 6.60. The maximum absolute atomic E-state index is 13.2. The van der Waals surface area contributed by atoms with Crippen molar-refractivity contribution in [3.8, 4) is 0 Å². The molecule has 2 heterocycles. The van der Waals surface area contributed by atoms with E-state index in [1.807, 2.05) is 11.0 Å². The number of hydrogen-bond acceptors (Lipinski definition) is 3. The summed E-state index contributed by atoms with van der Waals surface area (Å²) in [5.74, 6) is -0.109. The number of rotatable bonds is 2. The van der Waals surface area contributed by atoms with Gasteiger partial charge in [-0.05, 0) is 31.0 Å². The molecule has 0 saturated carbocycles. The molecule has 2 fully saturated rings. The highest BCUT2D eigenvalue weighted by atomic mass is 19.1. The van der Waals surface area contributed by atoms with E-state index in [0.717, 1.165) is 31.6 Å². The minimum atomic E-state index is -0.240. The van der Waals surface area contributed by atoms with Crippen molar-refractivity contribution in [1.82, 2.24) is 4.90 Å². The van der Waals surface area contributed by atoms with E-state index < -0.39 is 0 Å². The van der Waals surface area contributed by atoms with E-state index in [2.05, 4.69) is 4.90 Å². The van der Waals surface area contributed by atoms with Crippen LogP contribution < -0.4 is 4.90 Å². The van der Waals surface area contributed by atoms with Crippen molar-refractivity contribution in [3.63, 3.8) is 0 Å². The number of carbonyl (C=O) groups is 1. The minimum Gasteiger partial charge on any atom is -0.368 e. The molecule has 1 unspecified atom stereocenters. The molecule has 0 aromatic heterocycles. The Balaban J connectivity index is 1.58. The Morgan fingerprint density at radius 1 is 1.25 bits per heavy atom. The van der Waals surface area contributed by atoms with Gasteiger partial charge in [0.05, 0.1) is 0 Å². The van der Waals surface area contributed by atoms with Crippen LogP contribution in [0.4, 0.5) is 10.1 Å². The standard InChI is InChI=1S/C15H19FN2O2/c16-12-3-1-4-13(11-12)17-6-8-18(9-7-17)15(19)14-5-2-10-20-14/h1,3-4,11,14H,2,5-10H2. The molecule has 0 spiro atoms. The predicted molar refractivity (Wildman–Crippen MR) is 74.2 cm³/mol. The Morgan fingerprint density at radius 2 is 2.05 bits per heavy atom. The first-order valence-corrected chi connectivity index (χ1v) is 7.15. The molecule has 108 valence electrons. The van der Waals surface area contributed by atoms with Crippen LogP contribution in [0, 0.1) is 5.82 Å². The second-order valence-corrected chi connectivity index (χ2v) is 5.29. The Kier molecular flexibility index (Phi) is 3.87. The third-order valence-electron chi connectivity index (χ3n) is 3.97. The fourth-order valence-corrected chi connectivity index (χ4v) is 2.83. The number of hydrogen-bond donors (Lipinski definition) is 0. The molecule has 2 aliphatic heterocycles. The molecular weight excluding hydrogens is 259 g/mol. The molecule has 3 rings (SSSR count). The van der Waals surface area contributed by atoms with Gasteiger partial charge in [0.1, 0.15) is 11.9 Å². The van der Waals surface area contributed by atoms with E-state index >= 15 is 0 Å². The number of anilines is 1. The first kappa shape index (κ1) is 13.4. The van der Waals surface area contributed by atoms with Crippen LogP contribution in [0.5, 0.6) is 0 Å². The monoisotopic (exact) mass is 278 g/mol. The second kappa shape index (κ2) is 5.79. The molecule has 2 saturated heterocycles. The van der Waals surface area contributed by atoms with Crippen molar-refractivity contribution in [3.05, 3.63) is 30.1 Å². The van der Waals surface area contributed by atoms with E-state index in [0.29, 0.717) is 19.7 Å². The fraction of sp³-hybridized carbons (Fsp3) is 0.533. The third-order valence-corrected chi connectivity index (χ3v) is 3.97. The van der Waals surface area contributed by atoms with Crippen LogP contribution in [0.25, 0.3) is 0 Å². The number of ether oxygens (including phenoxy) is 1. The zero-order valence-electron chi connectivity index (χ0n) is 11.4. The Labute approximate surface area is 118 Å². The molecule has 5 heteroatoms. The van der Waals surface area contributed by atoms with E-state index in [1.165, 1.54) is 12.1 Å². The summed E-state index contributed by atoms with van der Waals surface area (Å²) in [5.41, 5.74) is 0.884. The second-order valence-electron chi connectivity index (χ2n) is 5.29. The van der Waals surface area contributed by atoms with Crippen LogP contribution in [0.1, 0.15) is 12.8 Å². The van der Waals surface area contributed by atoms with E-state index in [9.17, 15) is 9.18 Å². The van der Waals surface area contributed by atoms with Crippen LogP contribution >= 0.6 is 0 Å². The third kappa shape index (κ3) is 2.77. The van der Waals surface area contributed by atoms with Crippen molar-refractivity contribution >= 4 is 11.6 Å². The van der Waals surface area contributed by atoms with Gasteiger partial charge < -0.3 is 14.5 Å². The SMILES string of the molecule is O=C(C1CCCO1)N1CCN(c2cccc(F)c2)CC1. The van der Waals surface area contributed by atoms with Gasteiger partial charge >= 0.3 is 0 Å². The molecular formula is C15H19FN2O2. The van der Waals surface area contributed by atoms with Crippen molar-refractivity contribution in [2.75, 3.05) is 37.7 Å². The molecule has 2 aliphatic rings. The average Bonchev–Trinajstić information content (AvgIpc) is 3.01. The molecule has 1 aromatic rings. The molecule has 1 amide bonds. The summed E-state index contributed by atoms with van der Waals surface area (Å²) in [4.78, 5) is 16.2. The lowest BCUT2D eigenvalue weighted by atomic mass is 10.2. The van der Waals surface area contributed by atoms with Gasteiger partial charge in [-0.15, -0.1) is 0 Å². The highest BCUT2D eigenvalue weighted by Crippen LogP contribution is 2.20. The number of piperazine rings is 1. The molecule has 20 heavy (non-hydrogen) atoms. The van der Waals surface area contributed by atoms with Gasteiger partial charge in [-0.2, -0.15) is 0 Å². The summed E-state index contributed by atoms with van der Waals surface area (Å²) in [6.45, 7) is 3.52. The minimum absolute atomic E-state index is 0.112.